The molecule has 0 atom stereocenters. The van der Waals surface area contributed by atoms with Crippen molar-refractivity contribution >= 4 is 17.4 Å². The van der Waals surface area contributed by atoms with Gasteiger partial charge < -0.3 is 76.6 Å². The molecule has 0 spiro atoms. The predicted octanol–water partition coefficient (Wildman–Crippen LogP) is -1.58. The summed E-state index contributed by atoms with van der Waals surface area (Å²) in [6, 6.07) is 0. The fraction of sp³-hybridized carbons (Fsp3) is 0. The Morgan fingerprint density at radius 1 is 0.364 bits per heavy atom. The minimum absolute atomic E-state index is 0. The van der Waals surface area contributed by atoms with Gasteiger partial charge in [0, 0.05) is 0 Å². The van der Waals surface area contributed by atoms with E-state index in [0.717, 1.165) is 0 Å². The SMILES string of the molecule is O=[N+]([O-])[O-].O=[N+]([O-])[O-].O=[N+]([O-])[O-].O=[N+]([O-])[O-].O=[N+]([O-])[O-].[Al+3].[Mn+2]. The molecule has 0 aromatic carbocycles. The summed E-state index contributed by atoms with van der Waals surface area (Å²) in [5, 5.41) is 73.8. The third-order valence-corrected chi connectivity index (χ3v) is 0. The summed E-state index contributed by atoms with van der Waals surface area (Å²) in [5.74, 6) is 0. The molecule has 0 aromatic heterocycles. The minimum Gasteiger partial charge on any atom is -0.356 e. The molecule has 0 heterocycles. The van der Waals surface area contributed by atoms with E-state index < -0.39 is 25.4 Å². The molecular formula is AlMnN5O15. The average Bonchev–Trinajstić information content (AvgIpc) is 1.94. The van der Waals surface area contributed by atoms with Gasteiger partial charge in [-0.3, -0.25) is 0 Å². The van der Waals surface area contributed by atoms with Crippen LogP contribution in [0.1, 0.15) is 0 Å². The van der Waals surface area contributed by atoms with Crippen molar-refractivity contribution in [1.29, 1.82) is 0 Å². The van der Waals surface area contributed by atoms with Gasteiger partial charge in [0.25, 0.3) is 0 Å². The van der Waals surface area contributed by atoms with Crippen molar-refractivity contribution in [3.63, 3.8) is 0 Å². The Labute approximate surface area is 137 Å². The van der Waals surface area contributed by atoms with Gasteiger partial charge in [0.05, 0.1) is 25.4 Å². The Morgan fingerprint density at radius 3 is 0.364 bits per heavy atom. The molecule has 0 saturated heterocycles. The third-order valence-electron chi connectivity index (χ3n) is 0. The zero-order valence-electron chi connectivity index (χ0n) is 9.32. The van der Waals surface area contributed by atoms with E-state index in [1.165, 1.54) is 0 Å². The van der Waals surface area contributed by atoms with Gasteiger partial charge in [-0.2, -0.15) is 0 Å². The van der Waals surface area contributed by atoms with Gasteiger partial charge in [-0.05, 0) is 0 Å². The van der Waals surface area contributed by atoms with Gasteiger partial charge >= 0.3 is 34.4 Å². The zero-order valence-corrected chi connectivity index (χ0v) is 11.7. The third kappa shape index (κ3) is 506. The Bertz CT molecular complexity index is 213. The first-order valence-electron chi connectivity index (χ1n) is 2.74. The molecule has 0 aliphatic carbocycles. The van der Waals surface area contributed by atoms with Crippen molar-refractivity contribution in [3.8, 4) is 0 Å². The molecule has 20 nitrogen and oxygen atoms in total. The monoisotopic (exact) mass is 392 g/mol. The summed E-state index contributed by atoms with van der Waals surface area (Å²) >= 11 is 0. The van der Waals surface area contributed by atoms with Crippen LogP contribution >= 0.6 is 0 Å². The number of hydrogen-bond acceptors (Lipinski definition) is 15. The van der Waals surface area contributed by atoms with E-state index in [4.69, 9.17) is 76.6 Å². The van der Waals surface area contributed by atoms with E-state index in [2.05, 4.69) is 0 Å². The molecule has 0 saturated carbocycles. The van der Waals surface area contributed by atoms with Crippen LogP contribution in [0.2, 0.25) is 0 Å². The molecule has 125 valence electrons. The molecule has 0 aliphatic rings. The molecule has 0 N–H and O–H groups in total. The van der Waals surface area contributed by atoms with Crippen LogP contribution in [0.5, 0.6) is 0 Å². The predicted molar refractivity (Wildman–Crippen MR) is 57.6 cm³/mol. The van der Waals surface area contributed by atoms with Crippen LogP contribution in [0.4, 0.5) is 0 Å². The van der Waals surface area contributed by atoms with Crippen LogP contribution in [0.25, 0.3) is 0 Å². The second-order valence-electron chi connectivity index (χ2n) is 1.12. The second-order valence-corrected chi connectivity index (χ2v) is 1.12. The molecule has 22 heteroatoms. The van der Waals surface area contributed by atoms with Crippen molar-refractivity contribution < 1.29 is 42.5 Å². The second kappa shape index (κ2) is 36.1. The van der Waals surface area contributed by atoms with Crippen LogP contribution in [0, 0.1) is 76.6 Å². The number of rotatable bonds is 0. The Kier molecular flexibility index (Phi) is 70.2. The largest absolute Gasteiger partial charge is 3.00 e. The first kappa shape index (κ1) is 42.7. The molecule has 22 heavy (non-hydrogen) atoms. The average molecular weight is 392 g/mol. The molecule has 0 amide bonds. The molecule has 0 aliphatic heterocycles. The Morgan fingerprint density at radius 2 is 0.364 bits per heavy atom. The van der Waals surface area contributed by atoms with E-state index in [9.17, 15) is 0 Å². The van der Waals surface area contributed by atoms with E-state index in [1.807, 2.05) is 0 Å². The van der Waals surface area contributed by atoms with E-state index in [1.54, 1.807) is 0 Å². The van der Waals surface area contributed by atoms with Gasteiger partial charge in [0.1, 0.15) is 0 Å². The summed E-state index contributed by atoms with van der Waals surface area (Å²) in [6.07, 6.45) is 0. The molecule has 0 rings (SSSR count). The fourth-order valence-corrected chi connectivity index (χ4v) is 0. The van der Waals surface area contributed by atoms with Gasteiger partial charge in [0.2, 0.25) is 0 Å². The molecule has 0 unspecified atom stereocenters. The van der Waals surface area contributed by atoms with Crippen molar-refractivity contribution in [1.82, 2.24) is 0 Å². The number of hydrogen-bond donors (Lipinski definition) is 0. The first-order chi connectivity index (χ1) is 8.66. The zero-order chi connectivity index (χ0) is 17.9. The van der Waals surface area contributed by atoms with Gasteiger partial charge in [-0.25, -0.2) is 0 Å². The van der Waals surface area contributed by atoms with E-state index in [0.29, 0.717) is 0 Å². The maximum atomic E-state index is 8.25. The van der Waals surface area contributed by atoms with Crippen molar-refractivity contribution in [2.45, 2.75) is 0 Å². The summed E-state index contributed by atoms with van der Waals surface area (Å²) < 4.78 is 0. The van der Waals surface area contributed by atoms with E-state index in [-0.39, 0.29) is 34.4 Å². The number of nitrogens with zero attached hydrogens (tertiary/aromatic N) is 5. The first-order valence-corrected chi connectivity index (χ1v) is 2.74. The maximum absolute atomic E-state index is 8.25. The summed E-state index contributed by atoms with van der Waals surface area (Å²) in [5.41, 5.74) is 0. The van der Waals surface area contributed by atoms with Crippen molar-refractivity contribution in [2.75, 3.05) is 0 Å². The van der Waals surface area contributed by atoms with Crippen LogP contribution in [-0.4, -0.2) is 42.8 Å². The van der Waals surface area contributed by atoms with Crippen molar-refractivity contribution in [3.05, 3.63) is 76.6 Å². The molecule has 0 fully saturated rings. The van der Waals surface area contributed by atoms with E-state index >= 15 is 0 Å². The Balaban J connectivity index is -0.0000000250. The van der Waals surface area contributed by atoms with Crippen LogP contribution in [-0.2, 0) is 17.1 Å². The molecule has 1 radical (unpaired) electrons. The van der Waals surface area contributed by atoms with Crippen LogP contribution < -0.4 is 0 Å². The summed E-state index contributed by atoms with van der Waals surface area (Å²) in [7, 11) is 0. The van der Waals surface area contributed by atoms with Gasteiger partial charge in [-0.1, -0.05) is 0 Å². The molecule has 0 bridgehead atoms. The molecular weight excluding hydrogens is 392 g/mol. The van der Waals surface area contributed by atoms with Crippen molar-refractivity contribution in [2.24, 2.45) is 0 Å². The standard InChI is InChI=1S/Al.Mn.5NO3/c;;5*2-1(3)4/q+3;+2;5*-1. The summed E-state index contributed by atoms with van der Waals surface area (Å²) in [4.78, 5) is 41.2. The van der Waals surface area contributed by atoms with Crippen LogP contribution in [0.15, 0.2) is 0 Å². The summed E-state index contributed by atoms with van der Waals surface area (Å²) in [6.45, 7) is 0. The molecule has 0 aromatic rings. The van der Waals surface area contributed by atoms with Gasteiger partial charge in [-0.15, -0.1) is 0 Å². The van der Waals surface area contributed by atoms with Gasteiger partial charge in [0.15, 0.2) is 0 Å². The minimum atomic E-state index is -1.75. The normalized spacial score (nSPS) is 5.45. The van der Waals surface area contributed by atoms with Crippen LogP contribution in [0.3, 0.4) is 0 Å². The smallest absolute Gasteiger partial charge is 0.356 e. The topological polar surface area (TPSA) is 331 Å². The fourth-order valence-electron chi connectivity index (χ4n) is 0. The Hall–Kier alpha value is -2.95. The maximum Gasteiger partial charge on any atom is 3.00 e. The quantitative estimate of drug-likeness (QED) is 0.255.